The van der Waals surface area contributed by atoms with Crippen LogP contribution < -0.4 is 5.32 Å². The van der Waals surface area contributed by atoms with E-state index >= 15 is 0 Å². The third kappa shape index (κ3) is 2.90. The van der Waals surface area contributed by atoms with Gasteiger partial charge in [-0.3, -0.25) is 4.79 Å². The zero-order valence-electron chi connectivity index (χ0n) is 11.3. The smallest absolute Gasteiger partial charge is 0.339 e. The average Bonchev–Trinajstić information content (AvgIpc) is 2.50. The van der Waals surface area contributed by atoms with Crippen molar-refractivity contribution in [2.24, 2.45) is 0 Å². The lowest BCUT2D eigenvalue weighted by molar-refractivity contribution is 0.0684. The van der Waals surface area contributed by atoms with Gasteiger partial charge in [0.25, 0.3) is 5.91 Å². The molecule has 0 aliphatic heterocycles. The standard InChI is InChI=1S/C14H5F6NO3/c15-4-1-2-6(5(16)3-4)21-13(22)7-8(14(23)24)10(18)12(20)11(19)9(7)17/h1-3H,(H,21,22)(H,23,24). The quantitative estimate of drug-likeness (QED) is 0.507. The van der Waals surface area contributed by atoms with Crippen LogP contribution in [0.5, 0.6) is 0 Å². The van der Waals surface area contributed by atoms with Gasteiger partial charge in [0.05, 0.1) is 11.3 Å². The molecule has 0 saturated heterocycles. The second-order valence-corrected chi connectivity index (χ2v) is 4.39. The van der Waals surface area contributed by atoms with Gasteiger partial charge in [0.1, 0.15) is 17.2 Å². The van der Waals surface area contributed by atoms with Gasteiger partial charge in [0, 0.05) is 6.07 Å². The number of hydrogen-bond donors (Lipinski definition) is 2. The molecule has 0 aromatic heterocycles. The van der Waals surface area contributed by atoms with Gasteiger partial charge in [0.2, 0.25) is 0 Å². The third-order valence-corrected chi connectivity index (χ3v) is 2.89. The topological polar surface area (TPSA) is 66.4 Å². The maximum atomic E-state index is 13.7. The van der Waals surface area contributed by atoms with Crippen molar-refractivity contribution in [3.8, 4) is 0 Å². The number of carboxylic acid groups (broad SMARTS) is 1. The van der Waals surface area contributed by atoms with E-state index < -0.39 is 63.6 Å². The van der Waals surface area contributed by atoms with E-state index in [1.165, 1.54) is 0 Å². The lowest BCUT2D eigenvalue weighted by Gasteiger charge is -2.11. The second-order valence-electron chi connectivity index (χ2n) is 4.39. The van der Waals surface area contributed by atoms with E-state index in [-0.39, 0.29) is 0 Å². The highest BCUT2D eigenvalue weighted by Gasteiger charge is 2.33. The van der Waals surface area contributed by atoms with Crippen LogP contribution in [0.2, 0.25) is 0 Å². The Morgan fingerprint density at radius 2 is 1.38 bits per heavy atom. The highest BCUT2D eigenvalue weighted by molar-refractivity contribution is 6.11. The number of carbonyl (C=O) groups is 2. The molecule has 1 amide bonds. The summed E-state index contributed by atoms with van der Waals surface area (Å²) in [5, 5.41) is 10.4. The van der Waals surface area contributed by atoms with E-state index in [1.807, 2.05) is 0 Å². The molecular formula is C14H5F6NO3. The van der Waals surface area contributed by atoms with Crippen molar-refractivity contribution in [1.29, 1.82) is 0 Å². The summed E-state index contributed by atoms with van der Waals surface area (Å²) in [6, 6.07) is 1.76. The Kier molecular flexibility index (Phi) is 4.49. The Balaban J connectivity index is 2.59. The van der Waals surface area contributed by atoms with E-state index in [9.17, 15) is 35.9 Å². The summed E-state index contributed by atoms with van der Waals surface area (Å²) >= 11 is 0. The Bertz CT molecular complexity index is 868. The first-order chi connectivity index (χ1) is 11.1. The molecule has 0 fully saturated rings. The number of carbonyl (C=O) groups excluding carboxylic acids is 1. The Morgan fingerprint density at radius 1 is 0.833 bits per heavy atom. The van der Waals surface area contributed by atoms with Gasteiger partial charge in [-0.2, -0.15) is 0 Å². The molecule has 24 heavy (non-hydrogen) atoms. The molecule has 0 heterocycles. The summed E-state index contributed by atoms with van der Waals surface area (Å²) in [5.41, 5.74) is -4.17. The van der Waals surface area contributed by atoms with Gasteiger partial charge in [0.15, 0.2) is 23.3 Å². The fraction of sp³-hybridized carbons (Fsp3) is 0. The summed E-state index contributed by atoms with van der Waals surface area (Å²) < 4.78 is 79.8. The molecule has 0 aliphatic carbocycles. The Morgan fingerprint density at radius 3 is 1.88 bits per heavy atom. The normalized spacial score (nSPS) is 10.6. The first-order valence-electron chi connectivity index (χ1n) is 6.00. The van der Waals surface area contributed by atoms with Crippen LogP contribution in [0.25, 0.3) is 0 Å². The van der Waals surface area contributed by atoms with Crippen molar-refractivity contribution in [2.75, 3.05) is 5.32 Å². The maximum absolute atomic E-state index is 13.7. The van der Waals surface area contributed by atoms with Gasteiger partial charge in [-0.1, -0.05) is 0 Å². The van der Waals surface area contributed by atoms with Crippen LogP contribution in [0.15, 0.2) is 18.2 Å². The molecule has 2 N–H and O–H groups in total. The second kappa shape index (κ2) is 6.22. The van der Waals surface area contributed by atoms with E-state index in [0.29, 0.717) is 18.2 Å². The minimum absolute atomic E-state index is 0.343. The van der Waals surface area contributed by atoms with Crippen LogP contribution in [0.3, 0.4) is 0 Å². The van der Waals surface area contributed by atoms with Gasteiger partial charge in [-0.05, 0) is 12.1 Å². The molecule has 0 atom stereocenters. The van der Waals surface area contributed by atoms with E-state index in [1.54, 1.807) is 5.32 Å². The Hall–Kier alpha value is -3.04. The molecule has 0 aliphatic rings. The van der Waals surface area contributed by atoms with E-state index in [2.05, 4.69) is 0 Å². The van der Waals surface area contributed by atoms with Gasteiger partial charge in [-0.25, -0.2) is 31.1 Å². The number of amides is 1. The fourth-order valence-corrected chi connectivity index (χ4v) is 1.82. The van der Waals surface area contributed by atoms with Crippen LogP contribution >= 0.6 is 0 Å². The monoisotopic (exact) mass is 349 g/mol. The molecular weight excluding hydrogens is 344 g/mol. The van der Waals surface area contributed by atoms with Crippen molar-refractivity contribution in [1.82, 2.24) is 0 Å². The summed E-state index contributed by atoms with van der Waals surface area (Å²) in [6.07, 6.45) is 0. The van der Waals surface area contributed by atoms with Gasteiger partial charge in [-0.15, -0.1) is 0 Å². The highest BCUT2D eigenvalue weighted by Crippen LogP contribution is 2.26. The molecule has 10 heteroatoms. The van der Waals surface area contributed by atoms with Crippen molar-refractivity contribution in [2.45, 2.75) is 0 Å². The van der Waals surface area contributed by atoms with Crippen molar-refractivity contribution in [3.63, 3.8) is 0 Å². The number of rotatable bonds is 3. The summed E-state index contributed by atoms with van der Waals surface area (Å²) in [7, 11) is 0. The molecule has 2 rings (SSSR count). The molecule has 0 bridgehead atoms. The Labute approximate surface area is 129 Å². The molecule has 126 valence electrons. The predicted octanol–water partition coefficient (Wildman–Crippen LogP) is 3.47. The molecule has 0 radical (unpaired) electrons. The summed E-state index contributed by atoms with van der Waals surface area (Å²) in [4.78, 5) is 22.8. The highest BCUT2D eigenvalue weighted by atomic mass is 19.2. The molecule has 2 aromatic carbocycles. The van der Waals surface area contributed by atoms with Crippen LogP contribution in [0.1, 0.15) is 20.7 Å². The minimum Gasteiger partial charge on any atom is -0.478 e. The lowest BCUT2D eigenvalue weighted by atomic mass is 10.0. The van der Waals surface area contributed by atoms with Crippen LogP contribution in [0.4, 0.5) is 32.0 Å². The summed E-state index contributed by atoms with van der Waals surface area (Å²) in [5.74, 6) is -15.8. The first kappa shape index (κ1) is 17.3. The minimum atomic E-state index is -2.42. The molecule has 4 nitrogen and oxygen atoms in total. The number of hydrogen-bond acceptors (Lipinski definition) is 2. The fourth-order valence-electron chi connectivity index (χ4n) is 1.82. The zero-order valence-corrected chi connectivity index (χ0v) is 11.3. The van der Waals surface area contributed by atoms with Gasteiger partial charge >= 0.3 is 5.97 Å². The summed E-state index contributed by atoms with van der Waals surface area (Å²) in [6.45, 7) is 0. The third-order valence-electron chi connectivity index (χ3n) is 2.89. The zero-order chi connectivity index (χ0) is 18.2. The maximum Gasteiger partial charge on any atom is 0.339 e. The molecule has 0 spiro atoms. The first-order valence-corrected chi connectivity index (χ1v) is 6.00. The largest absolute Gasteiger partial charge is 0.478 e. The van der Waals surface area contributed by atoms with E-state index in [4.69, 9.17) is 5.11 Å². The number of benzene rings is 2. The number of anilines is 1. The van der Waals surface area contributed by atoms with Gasteiger partial charge < -0.3 is 10.4 Å². The number of aromatic carboxylic acids is 1. The van der Waals surface area contributed by atoms with E-state index in [0.717, 1.165) is 0 Å². The van der Waals surface area contributed by atoms with Crippen LogP contribution in [-0.4, -0.2) is 17.0 Å². The average molecular weight is 349 g/mol. The molecule has 0 unspecified atom stereocenters. The van der Waals surface area contributed by atoms with Crippen LogP contribution in [0, 0.1) is 34.9 Å². The number of halogens is 6. The molecule has 2 aromatic rings. The lowest BCUT2D eigenvalue weighted by Crippen LogP contribution is -2.22. The predicted molar refractivity (Wildman–Crippen MR) is 67.5 cm³/mol. The molecule has 0 saturated carbocycles. The SMILES string of the molecule is O=C(O)c1c(F)c(F)c(F)c(F)c1C(=O)Nc1ccc(F)cc1F. The number of nitrogens with one attached hydrogen (secondary N) is 1. The van der Waals surface area contributed by atoms with Crippen molar-refractivity contribution < 1.29 is 41.0 Å². The van der Waals surface area contributed by atoms with Crippen molar-refractivity contribution >= 4 is 17.6 Å². The van der Waals surface area contributed by atoms with Crippen LogP contribution in [-0.2, 0) is 0 Å². The number of carboxylic acids is 1. The van der Waals surface area contributed by atoms with Crippen molar-refractivity contribution in [3.05, 3.63) is 64.2 Å².